The fourth-order valence-electron chi connectivity index (χ4n) is 1.55. The van der Waals surface area contributed by atoms with Gasteiger partial charge < -0.3 is 10.6 Å². The number of anilines is 3. The lowest BCUT2D eigenvalue weighted by molar-refractivity contribution is 1.09. The fourth-order valence-corrected chi connectivity index (χ4v) is 1.82. The first kappa shape index (κ1) is 13.5. The standard InChI is InChI=1S/C14H15BrN4/c1-3-8-16-13-9-10(2)17-14(19-13)18-12-6-4-11(15)5-7-12/h3-7,9H,1,8H2,2H3,(H2,16,17,18,19). The SMILES string of the molecule is C=CCNc1cc(C)nc(Nc2ccc(Br)cc2)n1. The summed E-state index contributed by atoms with van der Waals surface area (Å²) in [6, 6.07) is 9.76. The molecule has 0 bridgehead atoms. The molecule has 0 aliphatic carbocycles. The summed E-state index contributed by atoms with van der Waals surface area (Å²) in [5, 5.41) is 6.33. The van der Waals surface area contributed by atoms with Gasteiger partial charge in [-0.2, -0.15) is 4.98 Å². The van der Waals surface area contributed by atoms with Crippen molar-refractivity contribution in [1.82, 2.24) is 9.97 Å². The summed E-state index contributed by atoms with van der Waals surface area (Å²) in [5.74, 6) is 1.36. The van der Waals surface area contributed by atoms with Crippen LogP contribution in [-0.4, -0.2) is 16.5 Å². The average molecular weight is 319 g/mol. The maximum absolute atomic E-state index is 4.40. The predicted molar refractivity (Wildman–Crippen MR) is 82.9 cm³/mol. The highest BCUT2D eigenvalue weighted by molar-refractivity contribution is 9.10. The molecule has 0 amide bonds. The summed E-state index contributed by atoms with van der Waals surface area (Å²) in [5.41, 5.74) is 1.85. The third kappa shape index (κ3) is 4.06. The fraction of sp³-hybridized carbons (Fsp3) is 0.143. The Morgan fingerprint density at radius 2 is 2.00 bits per heavy atom. The number of aryl methyl sites for hydroxylation is 1. The van der Waals surface area contributed by atoms with E-state index in [1.165, 1.54) is 0 Å². The molecule has 0 atom stereocenters. The highest BCUT2D eigenvalue weighted by Gasteiger charge is 2.02. The first-order valence-corrected chi connectivity index (χ1v) is 6.70. The van der Waals surface area contributed by atoms with E-state index in [2.05, 4.69) is 43.1 Å². The summed E-state index contributed by atoms with van der Waals surface area (Å²) >= 11 is 3.40. The number of aromatic nitrogens is 2. The minimum Gasteiger partial charge on any atom is -0.366 e. The first-order valence-electron chi connectivity index (χ1n) is 5.90. The monoisotopic (exact) mass is 318 g/mol. The molecule has 0 saturated carbocycles. The van der Waals surface area contributed by atoms with Gasteiger partial charge in [0, 0.05) is 28.5 Å². The lowest BCUT2D eigenvalue weighted by atomic mass is 10.3. The van der Waals surface area contributed by atoms with Crippen molar-refractivity contribution in [2.24, 2.45) is 0 Å². The van der Waals surface area contributed by atoms with E-state index in [0.29, 0.717) is 12.5 Å². The topological polar surface area (TPSA) is 49.8 Å². The number of nitrogens with zero attached hydrogens (tertiary/aromatic N) is 2. The molecule has 0 spiro atoms. The third-order valence-corrected chi connectivity index (χ3v) is 2.91. The number of nitrogens with one attached hydrogen (secondary N) is 2. The van der Waals surface area contributed by atoms with Crippen LogP contribution in [0.5, 0.6) is 0 Å². The Morgan fingerprint density at radius 1 is 1.26 bits per heavy atom. The maximum Gasteiger partial charge on any atom is 0.229 e. The van der Waals surface area contributed by atoms with E-state index in [1.54, 1.807) is 6.08 Å². The molecule has 1 aromatic carbocycles. The van der Waals surface area contributed by atoms with Crippen molar-refractivity contribution in [2.45, 2.75) is 6.92 Å². The molecule has 0 unspecified atom stereocenters. The summed E-state index contributed by atoms with van der Waals surface area (Å²) in [4.78, 5) is 8.76. The summed E-state index contributed by atoms with van der Waals surface area (Å²) < 4.78 is 1.04. The Balaban J connectivity index is 2.17. The van der Waals surface area contributed by atoms with Crippen LogP contribution in [0.3, 0.4) is 0 Å². The Bertz CT molecular complexity index is 566. The van der Waals surface area contributed by atoms with Gasteiger partial charge in [-0.3, -0.25) is 0 Å². The molecule has 0 aliphatic rings. The Hall–Kier alpha value is -1.88. The van der Waals surface area contributed by atoms with Crippen molar-refractivity contribution in [3.05, 3.63) is 53.2 Å². The minimum absolute atomic E-state index is 0.578. The van der Waals surface area contributed by atoms with Gasteiger partial charge in [0.2, 0.25) is 5.95 Å². The molecule has 4 nitrogen and oxygen atoms in total. The number of halogens is 1. The van der Waals surface area contributed by atoms with Crippen LogP contribution in [0, 0.1) is 6.92 Å². The second-order valence-electron chi connectivity index (χ2n) is 4.02. The molecular weight excluding hydrogens is 304 g/mol. The first-order chi connectivity index (χ1) is 9.17. The van der Waals surface area contributed by atoms with Crippen molar-refractivity contribution in [1.29, 1.82) is 0 Å². The van der Waals surface area contributed by atoms with Crippen LogP contribution in [0.1, 0.15) is 5.69 Å². The number of rotatable bonds is 5. The van der Waals surface area contributed by atoms with Crippen LogP contribution in [0.4, 0.5) is 17.5 Å². The van der Waals surface area contributed by atoms with Gasteiger partial charge in [0.15, 0.2) is 0 Å². The molecule has 1 heterocycles. The number of benzene rings is 1. The van der Waals surface area contributed by atoms with Crippen LogP contribution in [0.15, 0.2) is 47.5 Å². The Labute approximate surface area is 121 Å². The van der Waals surface area contributed by atoms with Crippen LogP contribution < -0.4 is 10.6 Å². The van der Waals surface area contributed by atoms with Crippen LogP contribution in [0.25, 0.3) is 0 Å². The summed E-state index contributed by atoms with van der Waals surface area (Å²) in [7, 11) is 0. The quantitative estimate of drug-likeness (QED) is 0.821. The molecule has 0 radical (unpaired) electrons. The van der Waals surface area contributed by atoms with Crippen LogP contribution in [-0.2, 0) is 0 Å². The van der Waals surface area contributed by atoms with E-state index in [1.807, 2.05) is 37.3 Å². The van der Waals surface area contributed by atoms with E-state index in [4.69, 9.17) is 0 Å². The van der Waals surface area contributed by atoms with Gasteiger partial charge in [-0.25, -0.2) is 4.98 Å². The zero-order valence-electron chi connectivity index (χ0n) is 10.7. The van der Waals surface area contributed by atoms with E-state index >= 15 is 0 Å². The smallest absolute Gasteiger partial charge is 0.229 e. The van der Waals surface area contributed by atoms with E-state index in [0.717, 1.165) is 21.7 Å². The van der Waals surface area contributed by atoms with Crippen molar-refractivity contribution in [2.75, 3.05) is 17.2 Å². The zero-order valence-corrected chi connectivity index (χ0v) is 12.2. The highest BCUT2D eigenvalue weighted by atomic mass is 79.9. The van der Waals surface area contributed by atoms with Gasteiger partial charge in [0.25, 0.3) is 0 Å². The van der Waals surface area contributed by atoms with Crippen LogP contribution >= 0.6 is 15.9 Å². The van der Waals surface area contributed by atoms with E-state index < -0.39 is 0 Å². The maximum atomic E-state index is 4.40. The van der Waals surface area contributed by atoms with Crippen molar-refractivity contribution in [3.8, 4) is 0 Å². The Morgan fingerprint density at radius 3 is 2.68 bits per heavy atom. The lowest BCUT2D eigenvalue weighted by Gasteiger charge is -2.09. The molecule has 2 rings (SSSR count). The normalized spacial score (nSPS) is 10.0. The molecule has 2 N–H and O–H groups in total. The Kier molecular flexibility index (Phi) is 4.52. The molecule has 0 aliphatic heterocycles. The molecule has 5 heteroatoms. The number of hydrogen-bond donors (Lipinski definition) is 2. The largest absolute Gasteiger partial charge is 0.366 e. The highest BCUT2D eigenvalue weighted by Crippen LogP contribution is 2.18. The van der Waals surface area contributed by atoms with Gasteiger partial charge in [-0.15, -0.1) is 6.58 Å². The second kappa shape index (κ2) is 6.33. The van der Waals surface area contributed by atoms with Gasteiger partial charge in [-0.1, -0.05) is 22.0 Å². The van der Waals surface area contributed by atoms with Gasteiger partial charge in [0.05, 0.1) is 0 Å². The van der Waals surface area contributed by atoms with E-state index in [-0.39, 0.29) is 0 Å². The molecule has 98 valence electrons. The molecule has 2 aromatic rings. The van der Waals surface area contributed by atoms with Crippen LogP contribution in [0.2, 0.25) is 0 Å². The molecule has 0 saturated heterocycles. The average Bonchev–Trinajstić information content (AvgIpc) is 2.38. The zero-order chi connectivity index (χ0) is 13.7. The van der Waals surface area contributed by atoms with Crippen molar-refractivity contribution < 1.29 is 0 Å². The predicted octanol–water partition coefficient (Wildman–Crippen LogP) is 3.89. The summed E-state index contributed by atoms with van der Waals surface area (Å²) in [6.07, 6.45) is 1.79. The molecule has 19 heavy (non-hydrogen) atoms. The van der Waals surface area contributed by atoms with Gasteiger partial charge in [-0.05, 0) is 31.2 Å². The van der Waals surface area contributed by atoms with E-state index in [9.17, 15) is 0 Å². The van der Waals surface area contributed by atoms with Gasteiger partial charge in [0.1, 0.15) is 5.82 Å². The van der Waals surface area contributed by atoms with Gasteiger partial charge >= 0.3 is 0 Å². The minimum atomic E-state index is 0.578. The molecular formula is C14H15BrN4. The third-order valence-electron chi connectivity index (χ3n) is 2.38. The van der Waals surface area contributed by atoms with Crippen molar-refractivity contribution >= 4 is 33.4 Å². The molecule has 1 aromatic heterocycles. The van der Waals surface area contributed by atoms with Crippen molar-refractivity contribution in [3.63, 3.8) is 0 Å². The molecule has 0 fully saturated rings. The summed E-state index contributed by atoms with van der Waals surface area (Å²) in [6.45, 7) is 6.28. The second-order valence-corrected chi connectivity index (χ2v) is 4.94. The lowest BCUT2D eigenvalue weighted by Crippen LogP contribution is -2.05. The number of hydrogen-bond acceptors (Lipinski definition) is 4.